The maximum absolute atomic E-state index is 10.2. The predicted octanol–water partition coefficient (Wildman–Crippen LogP) is 11.2. The Morgan fingerprint density at radius 1 is 0.642 bits per heavy atom. The van der Waals surface area contributed by atoms with E-state index in [0.29, 0.717) is 6.10 Å². The Morgan fingerprint density at radius 2 is 1.15 bits per heavy atom. The standard InChI is InChI=1S/C18H22O2.C16H24O2.C12H18O2.CH4/c1-2-13-20-17-10-6-7-15(14-17)11-12-18(19)16-8-4-3-5-9-16;1-2-11-17-16-8-5-6-14(13-16)9-10-15-7-3-4-12-18-15;1-2-9-14-12-7-3-5-11(10-12)6-4-8-13;/h3-10,14,18-19H,2,11-13H2,1H3;5-6,8,13,15H,2-4,7,9-12H2,1H3;3,5,7,10,13H,2,4,6,8-9H2,1H3;1H4. The lowest BCUT2D eigenvalue weighted by molar-refractivity contribution is 0.0115. The Kier molecular flexibility index (Phi) is 24.5. The van der Waals surface area contributed by atoms with Gasteiger partial charge in [-0.3, -0.25) is 0 Å². The molecule has 0 saturated carbocycles. The molecule has 1 aliphatic heterocycles. The van der Waals surface area contributed by atoms with Gasteiger partial charge in [-0.25, -0.2) is 0 Å². The molecule has 1 saturated heterocycles. The molecule has 53 heavy (non-hydrogen) atoms. The molecular formula is C47H68O6. The van der Waals surface area contributed by atoms with Gasteiger partial charge >= 0.3 is 0 Å². The Balaban J connectivity index is 0.000000277. The summed E-state index contributed by atoms with van der Waals surface area (Å²) in [6, 6.07) is 34.5. The summed E-state index contributed by atoms with van der Waals surface area (Å²) in [4.78, 5) is 0. The fourth-order valence-electron chi connectivity index (χ4n) is 5.82. The number of aryl methyl sites for hydroxylation is 3. The van der Waals surface area contributed by atoms with Gasteiger partial charge in [0.2, 0.25) is 0 Å². The molecule has 2 unspecified atom stereocenters. The van der Waals surface area contributed by atoms with Crippen LogP contribution in [-0.2, 0) is 24.0 Å². The Hall–Kier alpha value is -3.84. The van der Waals surface area contributed by atoms with Crippen LogP contribution in [0, 0.1) is 0 Å². The predicted molar refractivity (Wildman–Crippen MR) is 220 cm³/mol. The van der Waals surface area contributed by atoms with Crippen molar-refractivity contribution in [1.29, 1.82) is 0 Å². The van der Waals surface area contributed by atoms with Crippen molar-refractivity contribution in [3.8, 4) is 17.2 Å². The third-order valence-electron chi connectivity index (χ3n) is 8.66. The summed E-state index contributed by atoms with van der Waals surface area (Å²) >= 11 is 0. The molecule has 292 valence electrons. The third-order valence-corrected chi connectivity index (χ3v) is 8.66. The maximum atomic E-state index is 10.2. The van der Waals surface area contributed by atoms with Crippen molar-refractivity contribution >= 4 is 0 Å². The Labute approximate surface area is 321 Å². The summed E-state index contributed by atoms with van der Waals surface area (Å²) in [5.74, 6) is 2.85. The van der Waals surface area contributed by atoms with Gasteiger partial charge in [0.05, 0.1) is 32.0 Å². The highest BCUT2D eigenvalue weighted by Gasteiger charge is 2.13. The number of ether oxygens (including phenoxy) is 4. The van der Waals surface area contributed by atoms with E-state index < -0.39 is 6.10 Å². The fourth-order valence-corrected chi connectivity index (χ4v) is 5.82. The topological polar surface area (TPSA) is 77.4 Å². The van der Waals surface area contributed by atoms with Crippen molar-refractivity contribution in [2.45, 2.75) is 117 Å². The van der Waals surface area contributed by atoms with E-state index in [9.17, 15) is 5.11 Å². The van der Waals surface area contributed by atoms with Crippen LogP contribution < -0.4 is 14.2 Å². The van der Waals surface area contributed by atoms with Gasteiger partial charge in [0.15, 0.2) is 0 Å². The van der Waals surface area contributed by atoms with E-state index in [-0.39, 0.29) is 14.0 Å². The van der Waals surface area contributed by atoms with E-state index in [2.05, 4.69) is 57.2 Å². The number of hydrogen-bond acceptors (Lipinski definition) is 6. The minimum absolute atomic E-state index is 0. The van der Waals surface area contributed by atoms with Crippen LogP contribution in [0.1, 0.15) is 114 Å². The summed E-state index contributed by atoms with van der Waals surface area (Å²) < 4.78 is 22.6. The molecule has 4 aromatic carbocycles. The van der Waals surface area contributed by atoms with E-state index in [1.807, 2.05) is 66.7 Å². The van der Waals surface area contributed by atoms with Crippen molar-refractivity contribution in [3.05, 3.63) is 125 Å². The minimum atomic E-state index is -0.406. The van der Waals surface area contributed by atoms with Gasteiger partial charge in [-0.05, 0) is 136 Å². The molecule has 0 bridgehead atoms. The van der Waals surface area contributed by atoms with Gasteiger partial charge in [0.1, 0.15) is 17.2 Å². The molecule has 0 spiro atoms. The lowest BCUT2D eigenvalue weighted by Crippen LogP contribution is -2.19. The Bertz CT molecular complexity index is 1430. The number of aliphatic hydroxyl groups excluding tert-OH is 2. The average molecular weight is 729 g/mol. The van der Waals surface area contributed by atoms with Gasteiger partial charge in [0, 0.05) is 13.2 Å². The van der Waals surface area contributed by atoms with E-state index in [1.165, 1.54) is 36.0 Å². The number of aliphatic hydroxyl groups is 2. The number of rotatable bonds is 19. The van der Waals surface area contributed by atoms with E-state index >= 15 is 0 Å². The minimum Gasteiger partial charge on any atom is -0.494 e. The normalized spacial score (nSPS) is 13.9. The molecule has 2 N–H and O–H groups in total. The molecule has 0 amide bonds. The first-order chi connectivity index (χ1) is 25.5. The quantitative estimate of drug-likeness (QED) is 0.100. The van der Waals surface area contributed by atoms with Gasteiger partial charge in [-0.2, -0.15) is 0 Å². The second kappa shape index (κ2) is 28.6. The highest BCUT2D eigenvalue weighted by molar-refractivity contribution is 5.30. The SMILES string of the molecule is C.CCCOc1cccc(CCC(O)c2ccccc2)c1.CCCOc1cccc(CCC2CCCCO2)c1.CCCOc1cccc(CCCO)c1. The molecule has 4 aromatic rings. The van der Waals surface area contributed by atoms with Crippen molar-refractivity contribution < 1.29 is 29.2 Å². The van der Waals surface area contributed by atoms with E-state index in [0.717, 1.165) is 107 Å². The Morgan fingerprint density at radius 3 is 1.62 bits per heavy atom. The second-order valence-electron chi connectivity index (χ2n) is 13.3. The van der Waals surface area contributed by atoms with Crippen LogP contribution >= 0.6 is 0 Å². The maximum Gasteiger partial charge on any atom is 0.119 e. The fraction of sp³-hybridized carbons (Fsp3) is 0.489. The molecule has 1 aliphatic rings. The zero-order valence-corrected chi connectivity index (χ0v) is 32.0. The van der Waals surface area contributed by atoms with Gasteiger partial charge in [0.25, 0.3) is 0 Å². The summed E-state index contributed by atoms with van der Waals surface area (Å²) in [6.45, 7) is 9.83. The summed E-state index contributed by atoms with van der Waals surface area (Å²) in [5, 5.41) is 18.9. The van der Waals surface area contributed by atoms with E-state index in [4.69, 9.17) is 24.1 Å². The lowest BCUT2D eigenvalue weighted by atomic mass is 10.0. The molecule has 0 radical (unpaired) electrons. The van der Waals surface area contributed by atoms with Crippen molar-refractivity contribution in [1.82, 2.24) is 0 Å². The molecule has 1 heterocycles. The highest BCUT2D eigenvalue weighted by atomic mass is 16.5. The van der Waals surface area contributed by atoms with Gasteiger partial charge in [-0.15, -0.1) is 0 Å². The molecule has 2 atom stereocenters. The molecule has 6 heteroatoms. The molecule has 0 aromatic heterocycles. The average Bonchev–Trinajstić information content (AvgIpc) is 3.20. The highest BCUT2D eigenvalue weighted by Crippen LogP contribution is 2.22. The molecule has 5 rings (SSSR count). The second-order valence-corrected chi connectivity index (χ2v) is 13.3. The van der Waals surface area contributed by atoms with Crippen LogP contribution in [-0.4, -0.2) is 49.4 Å². The van der Waals surface area contributed by atoms with Crippen LogP contribution in [0.25, 0.3) is 0 Å². The molecule has 6 nitrogen and oxygen atoms in total. The first kappa shape index (κ1) is 45.3. The zero-order chi connectivity index (χ0) is 37.1. The van der Waals surface area contributed by atoms with E-state index in [1.54, 1.807) is 0 Å². The summed E-state index contributed by atoms with van der Waals surface area (Å²) in [5.41, 5.74) is 4.77. The van der Waals surface area contributed by atoms with Crippen LogP contribution in [0.15, 0.2) is 103 Å². The van der Waals surface area contributed by atoms with Crippen LogP contribution in [0.5, 0.6) is 17.2 Å². The monoisotopic (exact) mass is 729 g/mol. The first-order valence-electron chi connectivity index (χ1n) is 19.6. The summed E-state index contributed by atoms with van der Waals surface area (Å²) in [7, 11) is 0. The van der Waals surface area contributed by atoms with Gasteiger partial charge in [-0.1, -0.05) is 94.9 Å². The number of benzene rings is 4. The van der Waals surface area contributed by atoms with Crippen molar-refractivity contribution in [3.63, 3.8) is 0 Å². The smallest absolute Gasteiger partial charge is 0.119 e. The van der Waals surface area contributed by atoms with Crippen LogP contribution in [0.2, 0.25) is 0 Å². The molecule has 1 fully saturated rings. The third kappa shape index (κ3) is 19.7. The first-order valence-corrected chi connectivity index (χ1v) is 19.6. The summed E-state index contributed by atoms with van der Waals surface area (Å²) in [6.07, 6.45) is 12.5. The largest absolute Gasteiger partial charge is 0.494 e. The van der Waals surface area contributed by atoms with Gasteiger partial charge < -0.3 is 29.2 Å². The van der Waals surface area contributed by atoms with Crippen LogP contribution in [0.3, 0.4) is 0 Å². The molecular weight excluding hydrogens is 661 g/mol. The lowest BCUT2D eigenvalue weighted by Gasteiger charge is -2.22. The molecule has 0 aliphatic carbocycles. The zero-order valence-electron chi connectivity index (χ0n) is 32.0. The van der Waals surface area contributed by atoms with Crippen molar-refractivity contribution in [2.75, 3.05) is 33.0 Å². The van der Waals surface area contributed by atoms with Crippen LogP contribution in [0.4, 0.5) is 0 Å². The number of hydrogen-bond donors (Lipinski definition) is 2. The van der Waals surface area contributed by atoms with Crippen molar-refractivity contribution in [2.24, 2.45) is 0 Å².